The number of pyridine rings is 1. The molecule has 1 fully saturated rings. The van der Waals surface area contributed by atoms with Crippen LogP contribution in [0, 0.1) is 5.82 Å². The van der Waals surface area contributed by atoms with Gasteiger partial charge in [-0.1, -0.05) is 82.2 Å². The number of aromatic nitrogens is 1. The lowest BCUT2D eigenvalue weighted by atomic mass is 10.1. The fourth-order valence-electron chi connectivity index (χ4n) is 6.17. The van der Waals surface area contributed by atoms with E-state index in [1.165, 1.54) is 75.6 Å². The average molecular weight is 614 g/mol. The Morgan fingerprint density at radius 1 is 0.930 bits per heavy atom. The number of rotatable bonds is 17. The third-order valence-electron chi connectivity index (χ3n) is 8.71. The zero-order valence-corrected chi connectivity index (χ0v) is 26.7. The van der Waals surface area contributed by atoms with E-state index in [-0.39, 0.29) is 22.2 Å². The van der Waals surface area contributed by atoms with Crippen molar-refractivity contribution < 1.29 is 19.1 Å². The Balaban J connectivity index is 1.16. The summed E-state index contributed by atoms with van der Waals surface area (Å²) in [6.45, 7) is 6.26. The molecule has 1 aromatic carbocycles. The van der Waals surface area contributed by atoms with Crippen LogP contribution in [0.15, 0.2) is 34.1 Å². The summed E-state index contributed by atoms with van der Waals surface area (Å²) < 4.78 is 17.0. The average Bonchev–Trinajstić information content (AvgIpc) is 2.98. The minimum Gasteiger partial charge on any atom is -0.477 e. The second-order valence-corrected chi connectivity index (χ2v) is 13.2. The van der Waals surface area contributed by atoms with Crippen LogP contribution in [0.3, 0.4) is 0 Å². The molecule has 0 bridgehead atoms. The highest BCUT2D eigenvalue weighted by molar-refractivity contribution is 8.00. The number of amides is 1. The molecule has 1 atom stereocenters. The van der Waals surface area contributed by atoms with Crippen LogP contribution in [-0.2, 0) is 4.79 Å². The van der Waals surface area contributed by atoms with Crippen molar-refractivity contribution in [3.05, 3.63) is 45.9 Å². The Bertz CT molecular complexity index is 1350. The number of carbonyl (C=O) groups is 2. The topological polar surface area (TPSA) is 82.8 Å². The number of hydrogen-bond acceptors (Lipinski definition) is 5. The number of benzene rings is 1. The molecule has 1 unspecified atom stereocenters. The molecule has 236 valence electrons. The number of carboxylic acids is 1. The molecule has 0 aliphatic carbocycles. The van der Waals surface area contributed by atoms with Crippen LogP contribution in [-0.4, -0.2) is 52.6 Å². The van der Waals surface area contributed by atoms with Gasteiger partial charge < -0.3 is 19.5 Å². The predicted octanol–water partition coefficient (Wildman–Crippen LogP) is 8.15. The van der Waals surface area contributed by atoms with E-state index in [4.69, 9.17) is 0 Å². The number of nitrogens with zero attached hydrogens (tertiary/aromatic N) is 3. The zero-order chi connectivity index (χ0) is 30.8. The highest BCUT2D eigenvalue weighted by Gasteiger charge is 2.33. The summed E-state index contributed by atoms with van der Waals surface area (Å²) in [5.74, 6) is -1.67. The van der Waals surface area contributed by atoms with Gasteiger partial charge in [-0.05, 0) is 51.2 Å². The largest absolute Gasteiger partial charge is 0.477 e. The highest BCUT2D eigenvalue weighted by atomic mass is 32.2. The first-order chi connectivity index (χ1) is 20.8. The van der Waals surface area contributed by atoms with Crippen molar-refractivity contribution in [2.45, 2.75) is 114 Å². The number of hydrogen-bond donors (Lipinski definition) is 1. The third kappa shape index (κ3) is 8.43. The number of halogens is 1. The molecule has 0 spiro atoms. The van der Waals surface area contributed by atoms with E-state index in [1.807, 2.05) is 21.3 Å². The van der Waals surface area contributed by atoms with Gasteiger partial charge in [0.1, 0.15) is 11.4 Å². The van der Waals surface area contributed by atoms with Crippen molar-refractivity contribution in [3.8, 4) is 0 Å². The van der Waals surface area contributed by atoms with Crippen molar-refractivity contribution in [2.75, 3.05) is 31.1 Å². The molecule has 1 saturated heterocycles. The van der Waals surface area contributed by atoms with E-state index in [0.717, 1.165) is 25.7 Å². The van der Waals surface area contributed by atoms with Gasteiger partial charge in [-0.2, -0.15) is 0 Å². The number of allylic oxidation sites excluding steroid dienone is 2. The first-order valence-corrected chi connectivity index (χ1v) is 17.2. The highest BCUT2D eigenvalue weighted by Crippen LogP contribution is 2.46. The molecular weight excluding hydrogens is 565 g/mol. The Morgan fingerprint density at radius 2 is 1.53 bits per heavy atom. The van der Waals surface area contributed by atoms with Crippen LogP contribution in [0.4, 0.5) is 10.1 Å². The summed E-state index contributed by atoms with van der Waals surface area (Å²) in [5.41, 5.74) is -0.000701. The standard InChI is InChI=1S/C34H48FN3O4S/c1-3-4-5-6-7-8-9-10-11-12-13-14-15-16-17-18-30(39)37-21-19-36(20-22-37)29-24-28-26(23-27(29)35)32(40)31(34(41)42)33-38(28)25(2)43-33/h10-11,23-25H,3-9,12-22H2,1-2H3,(H,41,42)/b11-10-. The van der Waals surface area contributed by atoms with Crippen molar-refractivity contribution >= 4 is 40.2 Å². The van der Waals surface area contributed by atoms with Crippen molar-refractivity contribution in [1.82, 2.24) is 9.47 Å². The normalized spacial score (nSPS) is 16.6. The van der Waals surface area contributed by atoms with Crippen molar-refractivity contribution in [3.63, 3.8) is 0 Å². The molecule has 2 aromatic rings. The van der Waals surface area contributed by atoms with Gasteiger partial charge in [0.25, 0.3) is 0 Å². The first-order valence-electron chi connectivity index (χ1n) is 16.3. The number of unbranched alkanes of at least 4 members (excludes halogenated alkanes) is 11. The van der Waals surface area contributed by atoms with E-state index in [9.17, 15) is 19.5 Å². The number of anilines is 1. The summed E-state index contributed by atoms with van der Waals surface area (Å²) >= 11 is 1.33. The first kappa shape index (κ1) is 33.1. The molecule has 0 saturated carbocycles. The van der Waals surface area contributed by atoms with Crippen LogP contribution in [0.25, 0.3) is 10.9 Å². The number of fused-ring (bicyclic) bond motifs is 3. The summed E-state index contributed by atoms with van der Waals surface area (Å²) in [6.07, 6.45) is 21.2. The van der Waals surface area contributed by atoms with Crippen LogP contribution >= 0.6 is 11.8 Å². The van der Waals surface area contributed by atoms with Gasteiger partial charge in [-0.25, -0.2) is 9.18 Å². The fraction of sp³-hybridized carbons (Fsp3) is 0.618. The van der Waals surface area contributed by atoms with Crippen molar-refractivity contribution in [1.29, 1.82) is 0 Å². The maximum atomic E-state index is 15.2. The molecule has 3 heterocycles. The fourth-order valence-corrected chi connectivity index (χ4v) is 7.32. The van der Waals surface area contributed by atoms with Gasteiger partial charge in [-0.15, -0.1) is 0 Å². The zero-order valence-electron chi connectivity index (χ0n) is 25.9. The lowest BCUT2D eigenvalue weighted by Crippen LogP contribution is -2.49. The molecule has 9 heteroatoms. The minimum absolute atomic E-state index is 0.0412. The van der Waals surface area contributed by atoms with Crippen LogP contribution in [0.2, 0.25) is 0 Å². The molecular formula is C34H48FN3O4S. The SMILES string of the molecule is CCCCCCCC/C=C\CCCCCCCC(=O)N1CCN(c2cc3c(cc2F)c(=O)c(C(=O)O)c2n3C(C)S2)CC1. The van der Waals surface area contributed by atoms with Gasteiger partial charge in [0, 0.05) is 38.0 Å². The number of aromatic carboxylic acids is 1. The molecule has 1 N–H and O–H groups in total. The quantitative estimate of drug-likeness (QED) is 0.143. The Labute approximate surface area is 259 Å². The molecule has 0 radical (unpaired) electrons. The summed E-state index contributed by atoms with van der Waals surface area (Å²) in [4.78, 5) is 41.2. The maximum absolute atomic E-state index is 15.2. The van der Waals surface area contributed by atoms with Gasteiger partial charge in [0.05, 0.1) is 21.6 Å². The molecule has 2 aliphatic heterocycles. The lowest BCUT2D eigenvalue weighted by Gasteiger charge is -2.37. The molecule has 4 rings (SSSR count). The Morgan fingerprint density at radius 3 is 2.14 bits per heavy atom. The second kappa shape index (κ2) is 16.3. The van der Waals surface area contributed by atoms with E-state index in [0.29, 0.717) is 48.8 Å². The molecule has 1 aromatic heterocycles. The number of carboxylic acid groups (broad SMARTS) is 1. The molecule has 1 amide bonds. The minimum atomic E-state index is -1.29. The number of thioether (sulfide) groups is 1. The number of carbonyl (C=O) groups excluding carboxylic acids is 1. The predicted molar refractivity (Wildman–Crippen MR) is 174 cm³/mol. The number of piperazine rings is 1. The Hall–Kier alpha value is -2.81. The summed E-state index contributed by atoms with van der Waals surface area (Å²) in [7, 11) is 0. The summed E-state index contributed by atoms with van der Waals surface area (Å²) in [5, 5.41) is 10.0. The van der Waals surface area contributed by atoms with Gasteiger partial charge >= 0.3 is 5.97 Å². The monoisotopic (exact) mass is 613 g/mol. The van der Waals surface area contributed by atoms with Crippen molar-refractivity contribution in [2.24, 2.45) is 0 Å². The summed E-state index contributed by atoms with van der Waals surface area (Å²) in [6, 6.07) is 2.84. The van der Waals surface area contributed by atoms with Gasteiger partial charge in [0.2, 0.25) is 11.3 Å². The molecule has 7 nitrogen and oxygen atoms in total. The van der Waals surface area contributed by atoms with E-state index >= 15 is 4.39 Å². The smallest absolute Gasteiger partial charge is 0.342 e. The van der Waals surface area contributed by atoms with Gasteiger partial charge in [0.15, 0.2) is 0 Å². The maximum Gasteiger partial charge on any atom is 0.342 e. The molecule has 2 aliphatic rings. The van der Waals surface area contributed by atoms with E-state index < -0.39 is 17.2 Å². The van der Waals surface area contributed by atoms with E-state index in [2.05, 4.69) is 19.1 Å². The van der Waals surface area contributed by atoms with Crippen LogP contribution < -0.4 is 10.3 Å². The van der Waals surface area contributed by atoms with Crippen LogP contribution in [0.5, 0.6) is 0 Å². The molecule has 43 heavy (non-hydrogen) atoms. The van der Waals surface area contributed by atoms with E-state index in [1.54, 1.807) is 6.07 Å². The Kier molecular flexibility index (Phi) is 12.6. The van der Waals surface area contributed by atoms with Crippen LogP contribution in [0.1, 0.15) is 119 Å². The second-order valence-electron chi connectivity index (χ2n) is 11.9. The van der Waals surface area contributed by atoms with Gasteiger partial charge in [-0.3, -0.25) is 9.59 Å². The third-order valence-corrected chi connectivity index (χ3v) is 9.89. The lowest BCUT2D eigenvalue weighted by molar-refractivity contribution is -0.131.